The first-order valence-electron chi connectivity index (χ1n) is 8.66. The van der Waals surface area contributed by atoms with E-state index in [9.17, 15) is 4.79 Å². The molecule has 138 valence electrons. The fraction of sp³-hybridized carbons (Fsp3) is 0.350. The molecule has 1 heterocycles. The molecule has 0 aromatic heterocycles. The van der Waals surface area contributed by atoms with E-state index in [1.54, 1.807) is 14.2 Å². The van der Waals surface area contributed by atoms with E-state index in [1.165, 1.54) is 5.56 Å². The molecule has 0 saturated carbocycles. The Morgan fingerprint density at radius 3 is 2.69 bits per heavy atom. The molecule has 1 fully saturated rings. The predicted octanol–water partition coefficient (Wildman–Crippen LogP) is 2.09. The standard InChI is InChI=1S/C20H25N3O3/c1-13-5-4-6-15(9-13)19-16(12-22-23-19)20(24)21-11-14-7-8-17(25-2)18(10-14)26-3/h4-10,16,19,22-23H,11-12H2,1-3H3,(H,21,24). The van der Waals surface area contributed by atoms with Crippen LogP contribution in [0.1, 0.15) is 22.7 Å². The summed E-state index contributed by atoms with van der Waals surface area (Å²) in [4.78, 5) is 12.7. The maximum absolute atomic E-state index is 12.7. The molecule has 0 bridgehead atoms. The van der Waals surface area contributed by atoms with Crippen molar-refractivity contribution in [3.05, 3.63) is 59.2 Å². The van der Waals surface area contributed by atoms with E-state index in [0.29, 0.717) is 24.6 Å². The molecule has 3 rings (SSSR count). The summed E-state index contributed by atoms with van der Waals surface area (Å²) >= 11 is 0. The van der Waals surface area contributed by atoms with Crippen LogP contribution in [0.15, 0.2) is 42.5 Å². The lowest BCUT2D eigenvalue weighted by Crippen LogP contribution is -2.34. The third kappa shape index (κ3) is 3.98. The summed E-state index contributed by atoms with van der Waals surface area (Å²) in [6.45, 7) is 3.09. The fourth-order valence-electron chi connectivity index (χ4n) is 3.23. The van der Waals surface area contributed by atoms with Gasteiger partial charge in [0.15, 0.2) is 11.5 Å². The van der Waals surface area contributed by atoms with Gasteiger partial charge in [-0.15, -0.1) is 0 Å². The van der Waals surface area contributed by atoms with E-state index in [4.69, 9.17) is 9.47 Å². The molecular formula is C20H25N3O3. The van der Waals surface area contributed by atoms with E-state index in [0.717, 1.165) is 11.1 Å². The highest BCUT2D eigenvalue weighted by Crippen LogP contribution is 2.28. The van der Waals surface area contributed by atoms with Crippen LogP contribution in [0.5, 0.6) is 11.5 Å². The maximum atomic E-state index is 12.7. The van der Waals surface area contributed by atoms with Crippen molar-refractivity contribution in [1.82, 2.24) is 16.2 Å². The molecular weight excluding hydrogens is 330 g/mol. The Bertz CT molecular complexity index is 779. The van der Waals surface area contributed by atoms with E-state index in [-0.39, 0.29) is 17.9 Å². The van der Waals surface area contributed by atoms with Crippen molar-refractivity contribution in [2.24, 2.45) is 5.92 Å². The third-order valence-electron chi connectivity index (χ3n) is 4.63. The van der Waals surface area contributed by atoms with Crippen LogP contribution in [0.25, 0.3) is 0 Å². The molecule has 2 unspecified atom stereocenters. The second-order valence-electron chi connectivity index (χ2n) is 6.43. The summed E-state index contributed by atoms with van der Waals surface area (Å²) in [5.41, 5.74) is 9.57. The third-order valence-corrected chi connectivity index (χ3v) is 4.63. The van der Waals surface area contributed by atoms with Crippen LogP contribution in [0.4, 0.5) is 0 Å². The van der Waals surface area contributed by atoms with Gasteiger partial charge in [0, 0.05) is 13.1 Å². The number of amides is 1. The second kappa shape index (κ2) is 8.21. The number of carbonyl (C=O) groups excluding carboxylic acids is 1. The van der Waals surface area contributed by atoms with Gasteiger partial charge in [0.25, 0.3) is 0 Å². The van der Waals surface area contributed by atoms with Crippen molar-refractivity contribution in [3.8, 4) is 11.5 Å². The highest BCUT2D eigenvalue weighted by molar-refractivity contribution is 5.80. The summed E-state index contributed by atoms with van der Waals surface area (Å²) < 4.78 is 10.6. The normalized spacial score (nSPS) is 19.2. The number of rotatable bonds is 6. The van der Waals surface area contributed by atoms with E-state index >= 15 is 0 Å². The molecule has 26 heavy (non-hydrogen) atoms. The number of hydrogen-bond donors (Lipinski definition) is 3. The zero-order valence-corrected chi connectivity index (χ0v) is 15.3. The topological polar surface area (TPSA) is 71.6 Å². The Kier molecular flexibility index (Phi) is 5.75. The van der Waals surface area contributed by atoms with Crippen LogP contribution in [0.2, 0.25) is 0 Å². The molecule has 1 aliphatic rings. The van der Waals surface area contributed by atoms with Crippen LogP contribution >= 0.6 is 0 Å². The number of ether oxygens (including phenoxy) is 2. The molecule has 2 aromatic rings. The number of aryl methyl sites for hydroxylation is 1. The summed E-state index contributed by atoms with van der Waals surface area (Å²) in [6, 6.07) is 13.8. The number of nitrogens with one attached hydrogen (secondary N) is 3. The van der Waals surface area contributed by atoms with Gasteiger partial charge in [-0.2, -0.15) is 0 Å². The number of carbonyl (C=O) groups is 1. The van der Waals surface area contributed by atoms with Crippen molar-refractivity contribution in [1.29, 1.82) is 0 Å². The van der Waals surface area contributed by atoms with Crippen LogP contribution in [-0.4, -0.2) is 26.7 Å². The lowest BCUT2D eigenvalue weighted by atomic mass is 9.93. The van der Waals surface area contributed by atoms with E-state index in [2.05, 4.69) is 35.2 Å². The maximum Gasteiger partial charge on any atom is 0.226 e. The van der Waals surface area contributed by atoms with Crippen molar-refractivity contribution >= 4 is 5.91 Å². The number of hydrogen-bond acceptors (Lipinski definition) is 5. The van der Waals surface area contributed by atoms with Gasteiger partial charge < -0.3 is 14.8 Å². The monoisotopic (exact) mass is 355 g/mol. The lowest BCUT2D eigenvalue weighted by molar-refractivity contribution is -0.125. The predicted molar refractivity (Wildman–Crippen MR) is 99.9 cm³/mol. The Balaban J connectivity index is 1.66. The minimum absolute atomic E-state index is 0.0174. The van der Waals surface area contributed by atoms with Crippen molar-refractivity contribution in [3.63, 3.8) is 0 Å². The molecule has 6 heteroatoms. The molecule has 2 atom stereocenters. The first kappa shape index (κ1) is 18.2. The average Bonchev–Trinajstić information content (AvgIpc) is 3.15. The van der Waals surface area contributed by atoms with Gasteiger partial charge >= 0.3 is 0 Å². The minimum Gasteiger partial charge on any atom is -0.493 e. The van der Waals surface area contributed by atoms with Crippen LogP contribution in [-0.2, 0) is 11.3 Å². The smallest absolute Gasteiger partial charge is 0.226 e. The number of hydrazine groups is 1. The first-order chi connectivity index (χ1) is 12.6. The summed E-state index contributed by atoms with van der Waals surface area (Å²) in [6.07, 6.45) is 0. The zero-order chi connectivity index (χ0) is 18.5. The van der Waals surface area contributed by atoms with Crippen LogP contribution < -0.4 is 25.6 Å². The van der Waals surface area contributed by atoms with Gasteiger partial charge in [-0.3, -0.25) is 10.2 Å². The molecule has 1 aliphatic heterocycles. The SMILES string of the molecule is COc1ccc(CNC(=O)C2CNNC2c2cccc(C)c2)cc1OC. The minimum atomic E-state index is -0.169. The van der Waals surface area contributed by atoms with Gasteiger partial charge in [0.1, 0.15) is 0 Å². The summed E-state index contributed by atoms with van der Waals surface area (Å²) in [5.74, 6) is 1.17. The summed E-state index contributed by atoms with van der Waals surface area (Å²) in [5, 5.41) is 3.03. The van der Waals surface area contributed by atoms with Gasteiger partial charge in [-0.1, -0.05) is 35.9 Å². The highest BCUT2D eigenvalue weighted by atomic mass is 16.5. The van der Waals surface area contributed by atoms with Gasteiger partial charge in [-0.05, 0) is 30.2 Å². The average molecular weight is 355 g/mol. The molecule has 1 amide bonds. The quantitative estimate of drug-likeness (QED) is 0.740. The zero-order valence-electron chi connectivity index (χ0n) is 15.3. The Hall–Kier alpha value is -2.57. The molecule has 1 saturated heterocycles. The van der Waals surface area contributed by atoms with Gasteiger partial charge in [-0.25, -0.2) is 5.43 Å². The highest BCUT2D eigenvalue weighted by Gasteiger charge is 2.33. The Morgan fingerprint density at radius 1 is 1.15 bits per heavy atom. The van der Waals surface area contributed by atoms with Gasteiger partial charge in [0.05, 0.1) is 26.2 Å². The summed E-state index contributed by atoms with van der Waals surface area (Å²) in [7, 11) is 3.20. The van der Waals surface area contributed by atoms with Crippen LogP contribution in [0, 0.1) is 12.8 Å². The fourth-order valence-corrected chi connectivity index (χ4v) is 3.23. The largest absolute Gasteiger partial charge is 0.493 e. The lowest BCUT2D eigenvalue weighted by Gasteiger charge is -2.19. The molecule has 0 aliphatic carbocycles. The molecule has 0 spiro atoms. The Morgan fingerprint density at radius 2 is 1.96 bits per heavy atom. The first-order valence-corrected chi connectivity index (χ1v) is 8.66. The van der Waals surface area contributed by atoms with E-state index in [1.807, 2.05) is 30.3 Å². The number of methoxy groups -OCH3 is 2. The van der Waals surface area contributed by atoms with Crippen molar-refractivity contribution in [2.75, 3.05) is 20.8 Å². The second-order valence-corrected chi connectivity index (χ2v) is 6.43. The molecule has 6 nitrogen and oxygen atoms in total. The molecule has 3 N–H and O–H groups in total. The number of benzene rings is 2. The Labute approximate surface area is 153 Å². The van der Waals surface area contributed by atoms with Crippen molar-refractivity contribution < 1.29 is 14.3 Å². The molecule has 0 radical (unpaired) electrons. The van der Waals surface area contributed by atoms with E-state index < -0.39 is 0 Å². The van der Waals surface area contributed by atoms with Crippen molar-refractivity contribution in [2.45, 2.75) is 19.5 Å². The molecule has 2 aromatic carbocycles. The van der Waals surface area contributed by atoms with Crippen LogP contribution in [0.3, 0.4) is 0 Å². The van der Waals surface area contributed by atoms with Gasteiger partial charge in [0.2, 0.25) is 5.91 Å².